The molecule has 51 heavy (non-hydrogen) atoms. The van der Waals surface area contributed by atoms with E-state index in [0.29, 0.717) is 36.3 Å². The van der Waals surface area contributed by atoms with E-state index < -0.39 is 61.4 Å². The van der Waals surface area contributed by atoms with Gasteiger partial charge in [0.05, 0.1) is 45.8 Å². The van der Waals surface area contributed by atoms with E-state index in [-0.39, 0.29) is 34.9 Å². The van der Waals surface area contributed by atoms with E-state index in [1.807, 2.05) is 0 Å². The second kappa shape index (κ2) is 14.8. The number of aliphatic hydroxyl groups is 3. The zero-order valence-corrected chi connectivity index (χ0v) is 28.2. The number of carbonyl (C=O) groups excluding carboxylic acids is 2. The molecule has 4 aliphatic heterocycles. The summed E-state index contributed by atoms with van der Waals surface area (Å²) < 4.78 is 39.0. The van der Waals surface area contributed by atoms with Crippen molar-refractivity contribution in [1.82, 2.24) is 4.90 Å². The molecule has 15 heteroatoms. The third kappa shape index (κ3) is 6.70. The van der Waals surface area contributed by atoms with Gasteiger partial charge in [0.1, 0.15) is 18.3 Å². The van der Waals surface area contributed by atoms with Crippen molar-refractivity contribution in [3.63, 3.8) is 0 Å². The molecule has 9 atom stereocenters. The Morgan fingerprint density at radius 2 is 1.73 bits per heavy atom. The van der Waals surface area contributed by atoms with E-state index in [0.717, 1.165) is 17.2 Å². The molecule has 0 spiro atoms. The van der Waals surface area contributed by atoms with E-state index in [1.54, 1.807) is 23.1 Å². The number of benzene rings is 2. The summed E-state index contributed by atoms with van der Waals surface area (Å²) in [6, 6.07) is 5.96. The predicted octanol–water partition coefficient (Wildman–Crippen LogP) is 1.69. The summed E-state index contributed by atoms with van der Waals surface area (Å²) in [5, 5.41) is 52.3. The number of esters is 1. The largest absolute Gasteiger partial charge is 0.504 e. The number of fused-ring (bicyclic) bond motifs is 4. The molecule has 0 unspecified atom stereocenters. The van der Waals surface area contributed by atoms with E-state index in [4.69, 9.17) is 33.2 Å². The first-order valence-corrected chi connectivity index (χ1v) is 16.3. The van der Waals surface area contributed by atoms with E-state index in [9.17, 15) is 35.1 Å². The summed E-state index contributed by atoms with van der Waals surface area (Å²) in [5.41, 5.74) is 2.60. The number of nitrogens with zero attached hydrogens (tertiary/aromatic N) is 1. The molecule has 0 saturated carbocycles. The number of aromatic hydroxyl groups is 2. The molecular weight excluding hydrogens is 670 g/mol. The Bertz CT molecular complexity index is 1700. The van der Waals surface area contributed by atoms with Crippen molar-refractivity contribution in [3.8, 4) is 28.7 Å². The number of methoxy groups -OCH3 is 3. The van der Waals surface area contributed by atoms with Gasteiger partial charge in [0.2, 0.25) is 18.3 Å². The molecule has 4 heterocycles. The fourth-order valence-electron chi connectivity index (χ4n) is 7.16. The second-order valence-corrected chi connectivity index (χ2v) is 12.6. The highest BCUT2D eigenvalue weighted by molar-refractivity contribution is 5.95. The summed E-state index contributed by atoms with van der Waals surface area (Å²) in [6.07, 6.45) is -2.60. The molecule has 6 rings (SSSR count). The lowest BCUT2D eigenvalue weighted by Crippen LogP contribution is -2.61. The van der Waals surface area contributed by atoms with Crippen molar-refractivity contribution >= 4 is 18.0 Å². The first kappa shape index (κ1) is 36.0. The van der Waals surface area contributed by atoms with Crippen LogP contribution in [0, 0.1) is 11.8 Å². The number of rotatable bonds is 10. The molecule has 0 bridgehead atoms. The molecule has 0 aromatic heterocycles. The Morgan fingerprint density at radius 3 is 2.37 bits per heavy atom. The molecule has 4 aliphatic rings. The fraction of sp³-hybridized carbons (Fsp3) is 0.444. The lowest BCUT2D eigenvalue weighted by atomic mass is 9.73. The van der Waals surface area contributed by atoms with Crippen LogP contribution in [0.3, 0.4) is 0 Å². The van der Waals surface area contributed by atoms with Crippen LogP contribution in [-0.2, 0) is 35.0 Å². The van der Waals surface area contributed by atoms with Crippen LogP contribution >= 0.6 is 0 Å². The molecule has 0 aliphatic carbocycles. The summed E-state index contributed by atoms with van der Waals surface area (Å²) in [7, 11) is 4.19. The number of hydrogen-bond donors (Lipinski definition) is 5. The summed E-state index contributed by atoms with van der Waals surface area (Å²) >= 11 is 0. The first-order valence-electron chi connectivity index (χ1n) is 16.3. The standard InChI is InChI=1S/C36H41NO14/c1-5-19-21-13-23-20-14-24(39)25(45-2)12-18(20)8-9-37(23)34(44)22(21)16-48-35(19)51-36-33(32(43)31(42)28(15-38)49-36)50-29(40)7-6-17-10-26(46-3)30(41)27(11-17)47-4/h5-7,10-12,14,16,19,21,23,28,31-33,35-36,38-39,41-43H,1,8-9,13,15H2,2-4H3/b7-6+/t19-,21-,23+,28+,31+,32-,33+,35-,36-/m0/s1. The van der Waals surface area contributed by atoms with Crippen molar-refractivity contribution in [3.05, 3.63) is 71.5 Å². The van der Waals surface area contributed by atoms with Gasteiger partial charge in [-0.2, -0.15) is 0 Å². The van der Waals surface area contributed by atoms with E-state index >= 15 is 0 Å². The highest BCUT2D eigenvalue weighted by Gasteiger charge is 2.52. The van der Waals surface area contributed by atoms with Crippen molar-refractivity contribution in [2.45, 2.75) is 55.9 Å². The number of ether oxygens (including phenoxy) is 7. The number of phenolic OH excluding ortho intramolecular Hbond substituents is 2. The zero-order chi connectivity index (χ0) is 36.6. The maximum atomic E-state index is 13.8. The smallest absolute Gasteiger partial charge is 0.331 e. The molecule has 2 aromatic carbocycles. The maximum absolute atomic E-state index is 13.8. The molecule has 2 fully saturated rings. The van der Waals surface area contributed by atoms with Gasteiger partial charge < -0.3 is 63.6 Å². The van der Waals surface area contributed by atoms with Gasteiger partial charge in [-0.15, -0.1) is 6.58 Å². The van der Waals surface area contributed by atoms with Gasteiger partial charge in [-0.25, -0.2) is 4.79 Å². The number of piperidine rings is 1. The minimum Gasteiger partial charge on any atom is -0.504 e. The van der Waals surface area contributed by atoms with Crippen molar-refractivity contribution in [1.29, 1.82) is 0 Å². The number of amides is 1. The summed E-state index contributed by atoms with van der Waals surface area (Å²) in [6.45, 7) is 3.75. The topological polar surface area (TPSA) is 203 Å². The highest BCUT2D eigenvalue weighted by atomic mass is 16.8. The Labute approximate surface area is 293 Å². The number of phenols is 2. The minimum absolute atomic E-state index is 0.0353. The van der Waals surface area contributed by atoms with Crippen molar-refractivity contribution < 1.29 is 68.3 Å². The molecule has 15 nitrogen and oxygen atoms in total. The summed E-state index contributed by atoms with van der Waals surface area (Å²) in [5.74, 6) is -1.96. The predicted molar refractivity (Wildman–Crippen MR) is 177 cm³/mol. The van der Waals surface area contributed by atoms with Crippen LogP contribution in [0.1, 0.15) is 29.2 Å². The number of aliphatic hydroxyl groups excluding tert-OH is 3. The minimum atomic E-state index is -1.74. The van der Waals surface area contributed by atoms with Gasteiger partial charge in [0.15, 0.2) is 29.1 Å². The van der Waals surface area contributed by atoms with Crippen LogP contribution in [-0.4, -0.2) is 114 Å². The summed E-state index contributed by atoms with van der Waals surface area (Å²) in [4.78, 5) is 28.6. The lowest BCUT2D eigenvalue weighted by molar-refractivity contribution is -0.340. The molecule has 5 N–H and O–H groups in total. The SMILES string of the molecule is C=C[C@@H]1[C@H](O[C@@H]2O[C@H](CO)[C@@H](O)[C@H](O)[C@H]2OC(=O)/C=C/c2cc(OC)c(O)c(OC)c2)OC=C2C(=O)N3CCc4cc(OC)c(O)cc4[C@H]3C[C@H]21. The molecule has 2 aromatic rings. The Morgan fingerprint density at radius 1 is 1.02 bits per heavy atom. The monoisotopic (exact) mass is 711 g/mol. The number of carbonyl (C=O) groups is 2. The second-order valence-electron chi connectivity index (χ2n) is 12.6. The highest BCUT2D eigenvalue weighted by Crippen LogP contribution is 2.49. The van der Waals surface area contributed by atoms with Gasteiger partial charge in [0.25, 0.3) is 5.91 Å². The third-order valence-electron chi connectivity index (χ3n) is 9.82. The molecule has 0 radical (unpaired) electrons. The molecular formula is C36H41NO14. The van der Waals surface area contributed by atoms with Gasteiger partial charge >= 0.3 is 5.97 Å². The van der Waals surface area contributed by atoms with Crippen LogP contribution in [0.15, 0.2) is 54.8 Å². The van der Waals surface area contributed by atoms with Gasteiger partial charge in [-0.1, -0.05) is 6.08 Å². The van der Waals surface area contributed by atoms with Crippen molar-refractivity contribution in [2.24, 2.45) is 11.8 Å². The first-order chi connectivity index (χ1) is 24.5. The maximum Gasteiger partial charge on any atom is 0.331 e. The van der Waals surface area contributed by atoms with Crippen LogP contribution < -0.4 is 14.2 Å². The van der Waals surface area contributed by atoms with Crippen LogP contribution in [0.2, 0.25) is 0 Å². The van der Waals surface area contributed by atoms with E-state index in [2.05, 4.69) is 6.58 Å². The quantitative estimate of drug-likeness (QED) is 0.135. The van der Waals surface area contributed by atoms with Gasteiger partial charge in [-0.3, -0.25) is 4.79 Å². The molecule has 1 amide bonds. The normalized spacial score (nSPS) is 29.9. The van der Waals surface area contributed by atoms with Crippen LogP contribution in [0.4, 0.5) is 0 Å². The molecule has 274 valence electrons. The Kier molecular flexibility index (Phi) is 10.5. The lowest BCUT2D eigenvalue weighted by Gasteiger charge is -2.49. The Balaban J connectivity index is 1.23. The fourth-order valence-corrected chi connectivity index (χ4v) is 7.16. The van der Waals surface area contributed by atoms with Crippen LogP contribution in [0.25, 0.3) is 6.08 Å². The molecule has 2 saturated heterocycles. The van der Waals surface area contributed by atoms with Crippen LogP contribution in [0.5, 0.6) is 28.7 Å². The van der Waals surface area contributed by atoms with Gasteiger partial charge in [-0.05, 0) is 59.9 Å². The zero-order valence-electron chi connectivity index (χ0n) is 28.2. The van der Waals surface area contributed by atoms with Crippen molar-refractivity contribution in [2.75, 3.05) is 34.5 Å². The average molecular weight is 712 g/mol. The number of hydrogen-bond acceptors (Lipinski definition) is 14. The van der Waals surface area contributed by atoms with Gasteiger partial charge in [0, 0.05) is 24.5 Å². The third-order valence-corrected chi connectivity index (χ3v) is 9.82. The Hall–Kier alpha value is -4.80. The van der Waals surface area contributed by atoms with E-state index in [1.165, 1.54) is 45.8 Å². The average Bonchev–Trinajstić information content (AvgIpc) is 3.13.